The molecule has 5 aliphatic carbocycles. The summed E-state index contributed by atoms with van der Waals surface area (Å²) in [6.45, 7) is 3.87. The summed E-state index contributed by atoms with van der Waals surface area (Å²) in [5, 5.41) is 10.3. The van der Waals surface area contributed by atoms with Crippen molar-refractivity contribution in [1.29, 1.82) is 0 Å². The Morgan fingerprint density at radius 3 is 2.16 bits per heavy atom. The maximum atomic E-state index is 13.6. The van der Waals surface area contributed by atoms with Gasteiger partial charge in [-0.2, -0.15) is 0 Å². The van der Waals surface area contributed by atoms with E-state index >= 15 is 0 Å². The molecule has 1 saturated heterocycles. The summed E-state index contributed by atoms with van der Waals surface area (Å²) >= 11 is 0. The Morgan fingerprint density at radius 1 is 1.00 bits per heavy atom. The predicted molar refractivity (Wildman–Crippen MR) is 109 cm³/mol. The lowest BCUT2D eigenvalue weighted by Gasteiger charge is -2.34. The Labute approximate surface area is 182 Å². The number of rotatable bonds is 6. The Morgan fingerprint density at radius 2 is 1.68 bits per heavy atom. The molecule has 10 unspecified atom stereocenters. The first kappa shape index (κ1) is 21.0. The summed E-state index contributed by atoms with van der Waals surface area (Å²) in [4.78, 5) is 53.8. The zero-order chi connectivity index (χ0) is 22.2. The number of nitrogens with zero attached hydrogens (tertiary/aromatic N) is 1. The molecule has 0 spiro atoms. The summed E-state index contributed by atoms with van der Waals surface area (Å²) in [5.41, 5.74) is 0. The van der Waals surface area contributed by atoms with E-state index in [0.717, 1.165) is 38.5 Å². The fraction of sp³-hybridized carbons (Fsp3) is 0.833. The minimum Gasteiger partial charge on any atom is -0.481 e. The molecule has 170 valence electrons. The fourth-order valence-electron chi connectivity index (χ4n) is 8.37. The van der Waals surface area contributed by atoms with Gasteiger partial charge in [0.15, 0.2) is 0 Å². The second-order valence-corrected chi connectivity index (χ2v) is 10.7. The van der Waals surface area contributed by atoms with Crippen LogP contribution in [0.5, 0.6) is 0 Å². The minimum absolute atomic E-state index is 0.106. The van der Waals surface area contributed by atoms with Crippen LogP contribution in [0.1, 0.15) is 52.4 Å². The van der Waals surface area contributed by atoms with Gasteiger partial charge in [0.05, 0.1) is 24.9 Å². The van der Waals surface area contributed by atoms with Crippen LogP contribution in [0.15, 0.2) is 0 Å². The number of carbonyl (C=O) groups excluding carboxylic acids is 3. The maximum Gasteiger partial charge on any atom is 0.310 e. The number of amides is 2. The van der Waals surface area contributed by atoms with Gasteiger partial charge in [0, 0.05) is 12.0 Å². The molecule has 6 rings (SSSR count). The third kappa shape index (κ3) is 2.83. The molecule has 5 saturated carbocycles. The van der Waals surface area contributed by atoms with Gasteiger partial charge in [0.2, 0.25) is 11.8 Å². The van der Waals surface area contributed by atoms with E-state index < -0.39 is 35.6 Å². The minimum atomic E-state index is -1.11. The summed E-state index contributed by atoms with van der Waals surface area (Å²) in [5.74, 6) is -3.94. The van der Waals surface area contributed by atoms with Crippen LogP contribution >= 0.6 is 0 Å². The van der Waals surface area contributed by atoms with E-state index in [-0.39, 0.29) is 29.7 Å². The van der Waals surface area contributed by atoms with Crippen molar-refractivity contribution in [1.82, 2.24) is 4.90 Å². The first-order chi connectivity index (χ1) is 14.8. The van der Waals surface area contributed by atoms with Gasteiger partial charge in [-0.05, 0) is 54.8 Å². The summed E-state index contributed by atoms with van der Waals surface area (Å²) < 4.78 is 5.07. The number of carboxylic acids is 1. The topological polar surface area (TPSA) is 101 Å². The number of carboxylic acid groups (broad SMARTS) is 1. The van der Waals surface area contributed by atoms with E-state index in [1.807, 2.05) is 0 Å². The summed E-state index contributed by atoms with van der Waals surface area (Å²) in [6, 6.07) is -0.130. The maximum absolute atomic E-state index is 13.6. The van der Waals surface area contributed by atoms with E-state index in [9.17, 15) is 24.3 Å². The van der Waals surface area contributed by atoms with Crippen molar-refractivity contribution in [3.05, 3.63) is 0 Å². The molecule has 2 amide bonds. The first-order valence-corrected chi connectivity index (χ1v) is 12.0. The Kier molecular flexibility index (Phi) is 4.94. The number of ether oxygens (including phenoxy) is 1. The standard InChI is InChI=1S/C24H33NO6/c1-10-13-9-14-15(10)18(14)17(13)19(23(28)29)20(24(30)31-3)16-11(2)21(26)25(22(16)27)12-7-5-4-6-8-12/h10-20H,4-9H2,1-3H3,(H,28,29). The Balaban J connectivity index is 1.49. The first-order valence-electron chi connectivity index (χ1n) is 12.0. The van der Waals surface area contributed by atoms with Gasteiger partial charge in [-0.1, -0.05) is 33.1 Å². The molecule has 10 atom stereocenters. The van der Waals surface area contributed by atoms with Crippen molar-refractivity contribution >= 4 is 23.8 Å². The lowest BCUT2D eigenvalue weighted by molar-refractivity contribution is -0.164. The Bertz CT molecular complexity index is 819. The van der Waals surface area contributed by atoms with Gasteiger partial charge in [-0.25, -0.2) is 0 Å². The average molecular weight is 432 g/mol. The van der Waals surface area contributed by atoms with Crippen LogP contribution in [-0.2, 0) is 23.9 Å². The smallest absolute Gasteiger partial charge is 0.310 e. The van der Waals surface area contributed by atoms with Crippen molar-refractivity contribution in [3.63, 3.8) is 0 Å². The number of hydrogen-bond acceptors (Lipinski definition) is 5. The zero-order valence-corrected chi connectivity index (χ0v) is 18.5. The van der Waals surface area contributed by atoms with Crippen LogP contribution in [0.3, 0.4) is 0 Å². The molecule has 7 heteroatoms. The highest BCUT2D eigenvalue weighted by atomic mass is 16.5. The van der Waals surface area contributed by atoms with Crippen molar-refractivity contribution in [2.45, 2.75) is 58.4 Å². The molecule has 1 aliphatic heterocycles. The second kappa shape index (κ2) is 7.31. The molecular formula is C24H33NO6. The highest BCUT2D eigenvalue weighted by Crippen LogP contribution is 2.77. The average Bonchev–Trinajstić information content (AvgIpc) is 2.92. The Hall–Kier alpha value is -1.92. The predicted octanol–water partition coefficient (Wildman–Crippen LogP) is 2.58. The normalized spacial score (nSPS) is 43.3. The van der Waals surface area contributed by atoms with Crippen LogP contribution in [0, 0.1) is 59.2 Å². The third-order valence-corrected chi connectivity index (χ3v) is 9.63. The van der Waals surface area contributed by atoms with Crippen LogP contribution in [0.4, 0.5) is 0 Å². The molecular weight excluding hydrogens is 398 g/mol. The number of imide groups is 1. The summed E-state index contributed by atoms with van der Waals surface area (Å²) in [6.07, 6.45) is 5.66. The van der Waals surface area contributed by atoms with Crippen molar-refractivity contribution in [3.8, 4) is 0 Å². The van der Waals surface area contributed by atoms with Crippen LogP contribution in [-0.4, -0.2) is 46.9 Å². The van der Waals surface area contributed by atoms with Crippen LogP contribution < -0.4 is 0 Å². The van der Waals surface area contributed by atoms with Crippen molar-refractivity contribution in [2.24, 2.45) is 59.2 Å². The molecule has 31 heavy (non-hydrogen) atoms. The fourth-order valence-corrected chi connectivity index (χ4v) is 8.37. The molecule has 6 aliphatic rings. The van der Waals surface area contributed by atoms with E-state index in [0.29, 0.717) is 23.7 Å². The largest absolute Gasteiger partial charge is 0.481 e. The molecule has 4 bridgehead atoms. The second-order valence-electron chi connectivity index (χ2n) is 10.7. The lowest BCUT2D eigenvalue weighted by Crippen LogP contribution is -2.46. The zero-order valence-electron chi connectivity index (χ0n) is 18.5. The number of hydrogen-bond donors (Lipinski definition) is 1. The lowest BCUT2D eigenvalue weighted by atomic mass is 9.68. The quantitative estimate of drug-likeness (QED) is 0.512. The third-order valence-electron chi connectivity index (χ3n) is 9.63. The number of esters is 1. The summed E-state index contributed by atoms with van der Waals surface area (Å²) in [7, 11) is 1.25. The van der Waals surface area contributed by atoms with Gasteiger partial charge in [-0.15, -0.1) is 0 Å². The number of carbonyl (C=O) groups is 4. The van der Waals surface area contributed by atoms with Gasteiger partial charge < -0.3 is 9.84 Å². The SMILES string of the molecule is COC(=O)C(C1C(=O)N(C2CCCCC2)C(=O)C1C)C(C(=O)O)C1C2CC3C(C2C)C31. The number of aliphatic carboxylic acids is 1. The van der Waals surface area contributed by atoms with E-state index in [4.69, 9.17) is 4.74 Å². The molecule has 7 nitrogen and oxygen atoms in total. The molecule has 0 aromatic carbocycles. The molecule has 0 aromatic rings. The van der Waals surface area contributed by atoms with E-state index in [1.54, 1.807) is 6.92 Å². The van der Waals surface area contributed by atoms with E-state index in [1.165, 1.54) is 12.0 Å². The van der Waals surface area contributed by atoms with Gasteiger partial charge in [0.1, 0.15) is 0 Å². The molecule has 1 N–H and O–H groups in total. The van der Waals surface area contributed by atoms with Crippen molar-refractivity contribution in [2.75, 3.05) is 7.11 Å². The molecule has 0 aromatic heterocycles. The highest BCUT2D eigenvalue weighted by molar-refractivity contribution is 6.07. The molecule has 0 radical (unpaired) electrons. The van der Waals surface area contributed by atoms with Crippen molar-refractivity contribution < 1.29 is 29.0 Å². The van der Waals surface area contributed by atoms with Gasteiger partial charge >= 0.3 is 11.9 Å². The number of likely N-dealkylation sites (tertiary alicyclic amines) is 1. The van der Waals surface area contributed by atoms with Gasteiger partial charge in [0.25, 0.3) is 0 Å². The monoisotopic (exact) mass is 431 g/mol. The molecule has 1 heterocycles. The van der Waals surface area contributed by atoms with Crippen LogP contribution in [0.2, 0.25) is 0 Å². The highest BCUT2D eigenvalue weighted by Gasteiger charge is 2.75. The molecule has 6 fully saturated rings. The number of methoxy groups -OCH3 is 1. The van der Waals surface area contributed by atoms with E-state index in [2.05, 4.69) is 6.92 Å². The van der Waals surface area contributed by atoms with Crippen LogP contribution in [0.25, 0.3) is 0 Å². The van der Waals surface area contributed by atoms with Gasteiger partial charge in [-0.3, -0.25) is 24.1 Å².